The summed E-state index contributed by atoms with van der Waals surface area (Å²) in [6.45, 7) is 0.765. The molecular weight excluding hydrogens is 387 g/mol. The number of halogens is 2. The van der Waals surface area contributed by atoms with Crippen LogP contribution in [-0.4, -0.2) is 36.0 Å². The predicted molar refractivity (Wildman–Crippen MR) is 105 cm³/mol. The van der Waals surface area contributed by atoms with Crippen molar-refractivity contribution < 1.29 is 18.7 Å². The Balaban J connectivity index is 1.85. The van der Waals surface area contributed by atoms with Gasteiger partial charge >= 0.3 is 0 Å². The van der Waals surface area contributed by atoms with E-state index in [1.165, 1.54) is 23.0 Å². The van der Waals surface area contributed by atoms with Gasteiger partial charge in [-0.05, 0) is 30.3 Å². The third-order valence-electron chi connectivity index (χ3n) is 3.87. The first-order valence-electron chi connectivity index (χ1n) is 8.32. The quantitative estimate of drug-likeness (QED) is 0.588. The Bertz CT molecular complexity index is 993. The number of amides is 1. The van der Waals surface area contributed by atoms with Crippen molar-refractivity contribution in [2.45, 2.75) is 0 Å². The van der Waals surface area contributed by atoms with Crippen molar-refractivity contribution in [2.75, 3.05) is 31.4 Å². The fourth-order valence-corrected chi connectivity index (χ4v) is 2.65. The molecule has 3 rings (SSSR count). The number of carbonyl (C=O) groups is 1. The Morgan fingerprint density at radius 2 is 2.07 bits per heavy atom. The maximum Gasteiger partial charge on any atom is 0.261 e. The highest BCUT2D eigenvalue weighted by Crippen LogP contribution is 2.27. The highest BCUT2D eigenvalue weighted by atomic mass is 35.5. The van der Waals surface area contributed by atoms with Crippen LogP contribution in [0.25, 0.3) is 5.69 Å². The Labute approximate surface area is 165 Å². The molecule has 1 heterocycles. The van der Waals surface area contributed by atoms with Gasteiger partial charge in [0.05, 0.1) is 18.5 Å². The molecule has 0 unspecified atom stereocenters. The van der Waals surface area contributed by atoms with Crippen molar-refractivity contribution in [3.05, 3.63) is 65.1 Å². The van der Waals surface area contributed by atoms with E-state index in [1.807, 2.05) is 6.07 Å². The van der Waals surface area contributed by atoms with E-state index in [1.54, 1.807) is 25.3 Å². The predicted octanol–water partition coefficient (Wildman–Crippen LogP) is 3.52. The van der Waals surface area contributed by atoms with Gasteiger partial charge in [0, 0.05) is 12.1 Å². The zero-order valence-electron chi connectivity index (χ0n) is 15.0. The van der Waals surface area contributed by atoms with Crippen LogP contribution in [-0.2, 0) is 4.74 Å². The van der Waals surface area contributed by atoms with Gasteiger partial charge in [-0.25, -0.2) is 9.07 Å². The molecule has 3 aromatic rings. The van der Waals surface area contributed by atoms with Gasteiger partial charge in [0.15, 0.2) is 0 Å². The number of aromatic nitrogens is 2. The number of ether oxygens (including phenoxy) is 2. The van der Waals surface area contributed by atoms with Crippen LogP contribution in [0.15, 0.2) is 48.7 Å². The minimum atomic E-state index is -0.649. The number of para-hydroxylation sites is 2. The molecule has 1 amide bonds. The molecule has 0 radical (unpaired) electrons. The van der Waals surface area contributed by atoms with Gasteiger partial charge in [-0.15, -0.1) is 0 Å². The van der Waals surface area contributed by atoms with E-state index < -0.39 is 11.7 Å². The first-order chi connectivity index (χ1) is 13.5. The number of benzene rings is 2. The van der Waals surface area contributed by atoms with Crippen LogP contribution in [0.5, 0.6) is 5.75 Å². The molecular formula is C19H18ClFN4O3. The number of rotatable bonds is 7. The first kappa shape index (κ1) is 19.7. The molecule has 0 aliphatic rings. The van der Waals surface area contributed by atoms with Gasteiger partial charge in [-0.3, -0.25) is 4.79 Å². The van der Waals surface area contributed by atoms with Gasteiger partial charge in [0.2, 0.25) is 0 Å². The van der Waals surface area contributed by atoms with E-state index in [4.69, 9.17) is 26.8 Å². The van der Waals surface area contributed by atoms with Crippen molar-refractivity contribution in [1.82, 2.24) is 9.78 Å². The van der Waals surface area contributed by atoms with Crippen LogP contribution < -0.4 is 15.8 Å². The number of nitrogens with two attached hydrogens (primary N) is 1. The van der Waals surface area contributed by atoms with Crippen molar-refractivity contribution in [3.63, 3.8) is 0 Å². The number of hydrogen-bond donors (Lipinski definition) is 2. The summed E-state index contributed by atoms with van der Waals surface area (Å²) in [6.07, 6.45) is 1.31. The molecule has 0 aliphatic heterocycles. The maximum atomic E-state index is 13.9. The fraction of sp³-hybridized carbons (Fsp3) is 0.158. The molecule has 7 nitrogen and oxygen atoms in total. The summed E-state index contributed by atoms with van der Waals surface area (Å²) >= 11 is 5.72. The van der Waals surface area contributed by atoms with Crippen LogP contribution in [0.3, 0.4) is 0 Å². The normalized spacial score (nSPS) is 10.7. The van der Waals surface area contributed by atoms with Crippen LogP contribution in [0.1, 0.15) is 10.4 Å². The smallest absolute Gasteiger partial charge is 0.261 e. The lowest BCUT2D eigenvalue weighted by Crippen LogP contribution is -2.15. The molecule has 0 bridgehead atoms. The van der Waals surface area contributed by atoms with Crippen LogP contribution in [0.2, 0.25) is 5.02 Å². The highest BCUT2D eigenvalue weighted by molar-refractivity contribution is 6.30. The molecule has 9 heteroatoms. The van der Waals surface area contributed by atoms with E-state index >= 15 is 0 Å². The van der Waals surface area contributed by atoms with E-state index in [-0.39, 0.29) is 22.1 Å². The van der Waals surface area contributed by atoms with E-state index in [9.17, 15) is 9.18 Å². The van der Waals surface area contributed by atoms with Gasteiger partial charge in [-0.1, -0.05) is 23.7 Å². The molecule has 0 aliphatic carbocycles. The summed E-state index contributed by atoms with van der Waals surface area (Å²) < 4.78 is 26.0. The summed E-state index contributed by atoms with van der Waals surface area (Å²) in [7, 11) is 1.58. The lowest BCUT2D eigenvalue weighted by molar-refractivity contribution is 0.102. The van der Waals surface area contributed by atoms with Gasteiger partial charge < -0.3 is 20.5 Å². The largest absolute Gasteiger partial charge is 0.489 e. The summed E-state index contributed by atoms with van der Waals surface area (Å²) in [6, 6.07) is 11.1. The number of carbonyl (C=O) groups excluding carboxylic acids is 1. The van der Waals surface area contributed by atoms with Crippen LogP contribution in [0, 0.1) is 5.82 Å². The standard InChI is InChI=1S/C19H18ClFN4O3/c1-27-8-9-28-17-5-3-2-4-16(17)25-18(22)13(11-23-25)19(26)24-15-7-6-12(20)10-14(15)21/h2-7,10-11H,8-9,22H2,1H3,(H,24,26). The second-order valence-corrected chi connectivity index (χ2v) is 6.18. The minimum absolute atomic E-state index is 0.00940. The van der Waals surface area contributed by atoms with E-state index in [0.29, 0.717) is 24.7 Å². The average molecular weight is 405 g/mol. The summed E-state index contributed by atoms with van der Waals surface area (Å²) in [5.41, 5.74) is 6.77. The Hall–Kier alpha value is -3.10. The van der Waals surface area contributed by atoms with E-state index in [2.05, 4.69) is 10.4 Å². The molecule has 3 N–H and O–H groups in total. The Morgan fingerprint density at radius 3 is 2.82 bits per heavy atom. The number of hydrogen-bond acceptors (Lipinski definition) is 5. The molecule has 0 saturated heterocycles. The number of nitrogens with zero attached hydrogens (tertiary/aromatic N) is 2. The van der Waals surface area contributed by atoms with Gasteiger partial charge in [-0.2, -0.15) is 5.10 Å². The number of methoxy groups -OCH3 is 1. The van der Waals surface area contributed by atoms with E-state index in [0.717, 1.165) is 6.07 Å². The van der Waals surface area contributed by atoms with Crippen molar-refractivity contribution in [2.24, 2.45) is 0 Å². The molecule has 0 fully saturated rings. The van der Waals surface area contributed by atoms with Gasteiger partial charge in [0.25, 0.3) is 5.91 Å². The second kappa shape index (κ2) is 8.73. The molecule has 146 valence electrons. The Kier molecular flexibility index (Phi) is 6.13. The molecule has 1 aromatic heterocycles. The van der Waals surface area contributed by atoms with Crippen molar-refractivity contribution >= 4 is 29.0 Å². The molecule has 0 spiro atoms. The molecule has 0 saturated carbocycles. The lowest BCUT2D eigenvalue weighted by atomic mass is 10.2. The Morgan fingerprint density at radius 1 is 1.29 bits per heavy atom. The molecule has 2 aromatic carbocycles. The third kappa shape index (κ3) is 4.24. The zero-order chi connectivity index (χ0) is 20.1. The van der Waals surface area contributed by atoms with Crippen LogP contribution in [0.4, 0.5) is 15.9 Å². The minimum Gasteiger partial charge on any atom is -0.489 e. The maximum absolute atomic E-state index is 13.9. The summed E-state index contributed by atoms with van der Waals surface area (Å²) in [5, 5.41) is 6.87. The SMILES string of the molecule is COCCOc1ccccc1-n1ncc(C(=O)Nc2ccc(Cl)cc2F)c1N. The molecule has 0 atom stereocenters. The van der Waals surface area contributed by atoms with Gasteiger partial charge in [0.1, 0.15) is 35.2 Å². The third-order valence-corrected chi connectivity index (χ3v) is 4.10. The zero-order valence-corrected chi connectivity index (χ0v) is 15.7. The van der Waals surface area contributed by atoms with Crippen LogP contribution >= 0.6 is 11.6 Å². The fourth-order valence-electron chi connectivity index (χ4n) is 2.49. The monoisotopic (exact) mass is 404 g/mol. The molecule has 28 heavy (non-hydrogen) atoms. The average Bonchev–Trinajstić information content (AvgIpc) is 3.06. The topological polar surface area (TPSA) is 91.4 Å². The number of nitrogen functional groups attached to an aromatic ring is 1. The number of nitrogens with one attached hydrogen (secondary N) is 1. The first-order valence-corrected chi connectivity index (χ1v) is 8.70. The lowest BCUT2D eigenvalue weighted by Gasteiger charge is -2.12. The summed E-state index contributed by atoms with van der Waals surface area (Å²) in [5.74, 6) is -0.619. The second-order valence-electron chi connectivity index (χ2n) is 5.74. The highest BCUT2D eigenvalue weighted by Gasteiger charge is 2.19. The number of anilines is 2. The van der Waals surface area contributed by atoms with Crippen molar-refractivity contribution in [1.29, 1.82) is 0 Å². The summed E-state index contributed by atoms with van der Waals surface area (Å²) in [4.78, 5) is 12.5. The van der Waals surface area contributed by atoms with Crippen molar-refractivity contribution in [3.8, 4) is 11.4 Å².